The normalized spacial score (nSPS) is 18.2. The number of hydrogen-bond donors (Lipinski definition) is 3. The molecule has 0 aliphatic carbocycles. The monoisotopic (exact) mass is 1160 g/mol. The molecule has 0 aromatic heterocycles. The minimum Gasteiger partial charge on any atom is -0.479 e. The highest BCUT2D eigenvalue weighted by molar-refractivity contribution is 5.74. The van der Waals surface area contributed by atoms with E-state index in [9.17, 15) is 34.5 Å². The van der Waals surface area contributed by atoms with Gasteiger partial charge in [-0.1, -0.05) is 259 Å². The van der Waals surface area contributed by atoms with Crippen LogP contribution in [0.3, 0.4) is 0 Å². The number of ether oxygens (including phenoxy) is 5. The fraction of sp³-hybridized carbons (Fsp3) is 0.718. The number of hydrogen-bond acceptors (Lipinski definition) is 11. The first kappa shape index (κ1) is 76.7. The molecular weight excluding hydrogens is 1040 g/mol. The largest absolute Gasteiger partial charge is 0.479 e. The summed E-state index contributed by atoms with van der Waals surface area (Å²) in [6.45, 7) is 5.76. The molecule has 1 aliphatic heterocycles. The van der Waals surface area contributed by atoms with Gasteiger partial charge in [0.1, 0.15) is 18.8 Å². The third kappa shape index (κ3) is 47.6. The van der Waals surface area contributed by atoms with Gasteiger partial charge < -0.3 is 39.0 Å². The second-order valence-corrected chi connectivity index (χ2v) is 22.3. The Kier molecular flexibility index (Phi) is 53.6. The molecule has 12 heteroatoms. The van der Waals surface area contributed by atoms with Gasteiger partial charge in [-0.25, -0.2) is 4.79 Å². The third-order valence-corrected chi connectivity index (χ3v) is 14.7. The predicted octanol–water partition coefficient (Wildman–Crippen LogP) is 18.0. The summed E-state index contributed by atoms with van der Waals surface area (Å²) in [6, 6.07) is 0. The maximum absolute atomic E-state index is 13.2. The number of aliphatic carboxylic acids is 1. The first-order valence-corrected chi connectivity index (χ1v) is 33.2. The molecule has 0 radical (unpaired) electrons. The van der Waals surface area contributed by atoms with Crippen molar-refractivity contribution >= 4 is 23.9 Å². The van der Waals surface area contributed by atoms with Crippen molar-refractivity contribution in [3.63, 3.8) is 0 Å². The Morgan fingerprint density at radius 3 is 1.16 bits per heavy atom. The maximum atomic E-state index is 13.2. The van der Waals surface area contributed by atoms with Gasteiger partial charge in [0, 0.05) is 19.3 Å². The zero-order valence-corrected chi connectivity index (χ0v) is 52.4. The fourth-order valence-corrected chi connectivity index (χ4v) is 9.65. The van der Waals surface area contributed by atoms with Crippen LogP contribution in [0.15, 0.2) is 97.2 Å². The Labute approximate surface area is 504 Å². The molecule has 1 saturated heterocycles. The smallest absolute Gasteiger partial charge is 0.335 e. The molecule has 3 N–H and O–H groups in total. The van der Waals surface area contributed by atoms with Crippen LogP contribution in [0.25, 0.3) is 0 Å². The third-order valence-electron chi connectivity index (χ3n) is 14.7. The van der Waals surface area contributed by atoms with Crippen molar-refractivity contribution in [3.8, 4) is 0 Å². The number of carboxylic acid groups (broad SMARTS) is 1. The van der Waals surface area contributed by atoms with Gasteiger partial charge >= 0.3 is 23.9 Å². The summed E-state index contributed by atoms with van der Waals surface area (Å²) in [5, 5.41) is 31.6. The molecular formula is C71H118O12. The van der Waals surface area contributed by atoms with Crippen LogP contribution in [0.2, 0.25) is 0 Å². The Morgan fingerprint density at radius 1 is 0.410 bits per heavy atom. The Bertz CT molecular complexity index is 1810. The van der Waals surface area contributed by atoms with Gasteiger partial charge in [-0.3, -0.25) is 14.4 Å². The molecule has 0 amide bonds. The van der Waals surface area contributed by atoms with Gasteiger partial charge in [-0.15, -0.1) is 0 Å². The molecule has 1 fully saturated rings. The van der Waals surface area contributed by atoms with Crippen LogP contribution in [-0.4, -0.2) is 89.2 Å². The van der Waals surface area contributed by atoms with Crippen LogP contribution in [0.5, 0.6) is 0 Å². The van der Waals surface area contributed by atoms with Gasteiger partial charge in [0.05, 0.1) is 6.61 Å². The molecule has 1 heterocycles. The number of aliphatic hydroxyl groups is 2. The summed E-state index contributed by atoms with van der Waals surface area (Å²) in [6.07, 6.45) is 65.1. The minimum absolute atomic E-state index is 0.0547. The quantitative estimate of drug-likeness (QED) is 0.0228. The van der Waals surface area contributed by atoms with Crippen molar-refractivity contribution < 1.29 is 58.2 Å². The van der Waals surface area contributed by atoms with Crippen LogP contribution in [0.4, 0.5) is 0 Å². The standard InChI is InChI=1S/C71H118O12/c1-4-7-10-13-16-19-22-25-28-31-32-35-38-41-44-47-50-53-56-59-65(74)82-69-67(76)66(75)68(70(77)78)83-71(69)80-61-62(81-64(73)58-55-52-49-46-43-40-37-34-30-27-24-21-18-15-12-9-6-3)60-79-63(72)57-54-51-48-45-42-39-36-33-29-26-23-20-17-14-11-8-5-2/h8-9,11-12,17-18,20-21,26-27,29-30,36-37,39-40,62,66-69,71,75-76H,4-7,10,13-16,19,22-25,28,31-35,38,41-61H2,1-3H3,(H,77,78)/b11-8-,12-9-,20-17-,21-18-,29-26-,30-27-,39-36-,40-37-. The van der Waals surface area contributed by atoms with Gasteiger partial charge in [-0.2, -0.15) is 0 Å². The average molecular weight is 1160 g/mol. The van der Waals surface area contributed by atoms with E-state index in [0.717, 1.165) is 128 Å². The number of esters is 3. The Hall–Kier alpha value is -4.36. The average Bonchev–Trinajstić information content (AvgIpc) is 3.58. The highest BCUT2D eigenvalue weighted by Gasteiger charge is 2.50. The van der Waals surface area contributed by atoms with Gasteiger partial charge in [-0.05, 0) is 96.3 Å². The van der Waals surface area contributed by atoms with Gasteiger partial charge in [0.15, 0.2) is 24.6 Å². The number of rotatable bonds is 56. The topological polar surface area (TPSA) is 175 Å². The molecule has 0 bridgehead atoms. The van der Waals surface area contributed by atoms with Crippen molar-refractivity contribution in [2.75, 3.05) is 13.2 Å². The maximum Gasteiger partial charge on any atom is 0.335 e. The molecule has 83 heavy (non-hydrogen) atoms. The number of aliphatic hydroxyl groups excluding tert-OH is 2. The van der Waals surface area contributed by atoms with E-state index in [2.05, 4.69) is 118 Å². The van der Waals surface area contributed by atoms with Gasteiger partial charge in [0.2, 0.25) is 0 Å². The molecule has 0 saturated carbocycles. The van der Waals surface area contributed by atoms with E-state index in [4.69, 9.17) is 23.7 Å². The molecule has 474 valence electrons. The van der Waals surface area contributed by atoms with Crippen LogP contribution in [0, 0.1) is 0 Å². The van der Waals surface area contributed by atoms with Crippen molar-refractivity contribution in [1.29, 1.82) is 0 Å². The molecule has 6 atom stereocenters. The molecule has 1 aliphatic rings. The summed E-state index contributed by atoms with van der Waals surface area (Å²) < 4.78 is 28.5. The van der Waals surface area contributed by atoms with Crippen molar-refractivity contribution in [3.05, 3.63) is 97.2 Å². The minimum atomic E-state index is -1.91. The highest BCUT2D eigenvalue weighted by Crippen LogP contribution is 2.27. The molecule has 0 aromatic carbocycles. The second kappa shape index (κ2) is 58.0. The lowest BCUT2D eigenvalue weighted by molar-refractivity contribution is -0.301. The van der Waals surface area contributed by atoms with Crippen LogP contribution in [-0.2, 0) is 42.9 Å². The lowest BCUT2D eigenvalue weighted by Crippen LogP contribution is -2.61. The second-order valence-electron chi connectivity index (χ2n) is 22.3. The van der Waals surface area contributed by atoms with E-state index in [1.807, 2.05) is 0 Å². The van der Waals surface area contributed by atoms with E-state index in [1.165, 1.54) is 89.9 Å². The zero-order valence-electron chi connectivity index (χ0n) is 52.4. The summed E-state index contributed by atoms with van der Waals surface area (Å²) in [4.78, 5) is 51.4. The molecule has 12 nitrogen and oxygen atoms in total. The number of carboxylic acids is 1. The molecule has 6 unspecified atom stereocenters. The van der Waals surface area contributed by atoms with Crippen LogP contribution < -0.4 is 0 Å². The molecule has 0 spiro atoms. The first-order chi connectivity index (χ1) is 40.6. The lowest BCUT2D eigenvalue weighted by Gasteiger charge is -2.40. The van der Waals surface area contributed by atoms with E-state index >= 15 is 0 Å². The summed E-state index contributed by atoms with van der Waals surface area (Å²) >= 11 is 0. The number of carbonyl (C=O) groups excluding carboxylic acids is 3. The number of unbranched alkanes of at least 4 members (excludes halogenated alkanes) is 26. The zero-order chi connectivity index (χ0) is 60.3. The lowest BCUT2D eigenvalue weighted by atomic mass is 9.98. The van der Waals surface area contributed by atoms with Crippen molar-refractivity contribution in [2.24, 2.45) is 0 Å². The Balaban J connectivity index is 2.68. The molecule has 1 rings (SSSR count). The van der Waals surface area contributed by atoms with E-state index in [0.29, 0.717) is 19.3 Å². The van der Waals surface area contributed by atoms with E-state index in [-0.39, 0.29) is 25.9 Å². The van der Waals surface area contributed by atoms with E-state index < -0.39 is 67.3 Å². The fourth-order valence-electron chi connectivity index (χ4n) is 9.65. The molecule has 0 aromatic rings. The van der Waals surface area contributed by atoms with Gasteiger partial charge in [0.25, 0.3) is 0 Å². The Morgan fingerprint density at radius 2 is 0.759 bits per heavy atom. The first-order valence-electron chi connectivity index (χ1n) is 33.2. The predicted molar refractivity (Wildman–Crippen MR) is 340 cm³/mol. The van der Waals surface area contributed by atoms with Crippen LogP contribution in [0.1, 0.15) is 278 Å². The van der Waals surface area contributed by atoms with E-state index in [1.54, 1.807) is 0 Å². The van der Waals surface area contributed by atoms with Crippen LogP contribution >= 0.6 is 0 Å². The summed E-state index contributed by atoms with van der Waals surface area (Å²) in [5.41, 5.74) is 0. The summed E-state index contributed by atoms with van der Waals surface area (Å²) in [5.74, 6) is -3.18. The summed E-state index contributed by atoms with van der Waals surface area (Å²) in [7, 11) is 0. The highest BCUT2D eigenvalue weighted by atomic mass is 16.7. The van der Waals surface area contributed by atoms with Crippen molar-refractivity contribution in [1.82, 2.24) is 0 Å². The number of carbonyl (C=O) groups is 4. The SMILES string of the molecule is CC/C=C\C/C=C\C/C=C\C/C=C\CCCCCCC(=O)OCC(COC1OC(C(=O)O)C(O)C(O)C1OC(=O)CCCCCCCCCCCCCCCCCCCCC)OC(=O)CCCCCC/C=C\C/C=C\C/C=C\C/C=C\CC. The van der Waals surface area contributed by atoms with Crippen molar-refractivity contribution in [2.45, 2.75) is 314 Å². The number of allylic oxidation sites excluding steroid dienone is 16.